The van der Waals surface area contributed by atoms with E-state index < -0.39 is 6.48 Å². The Morgan fingerprint density at radius 2 is 2.40 bits per heavy atom. The van der Waals surface area contributed by atoms with E-state index in [0.717, 1.165) is 0 Å². The van der Waals surface area contributed by atoms with E-state index >= 15 is 0 Å². The number of nitrogens with zero attached hydrogens (tertiary/aromatic N) is 3. The number of ether oxygens (including phenoxy) is 1. The third-order valence-corrected chi connectivity index (χ3v) is 1.06. The van der Waals surface area contributed by atoms with Crippen LogP contribution in [-0.2, 0) is 4.74 Å². The van der Waals surface area contributed by atoms with Crippen molar-refractivity contribution < 1.29 is 9.13 Å². The first-order valence-corrected chi connectivity index (χ1v) is 3.04. The SMILES string of the molecule is CCC(C)OC(F)N=[N+]=[N-]. The van der Waals surface area contributed by atoms with Crippen molar-refractivity contribution >= 4 is 0 Å². The van der Waals surface area contributed by atoms with Gasteiger partial charge in [-0.2, -0.15) is 0 Å². The van der Waals surface area contributed by atoms with Crippen LogP contribution in [-0.4, -0.2) is 12.6 Å². The summed E-state index contributed by atoms with van der Waals surface area (Å²) in [4.78, 5) is 2.25. The molecule has 0 spiro atoms. The minimum atomic E-state index is -1.85. The predicted molar refractivity (Wildman–Crippen MR) is 34.9 cm³/mol. The first kappa shape index (κ1) is 9.20. The van der Waals surface area contributed by atoms with Crippen LogP contribution in [0.25, 0.3) is 10.4 Å². The van der Waals surface area contributed by atoms with Gasteiger partial charge in [-0.25, -0.2) is 4.39 Å². The summed E-state index contributed by atoms with van der Waals surface area (Å²) in [6.07, 6.45) is 0.488. The Kier molecular flexibility index (Phi) is 4.62. The molecule has 2 atom stereocenters. The van der Waals surface area contributed by atoms with Crippen molar-refractivity contribution in [2.24, 2.45) is 5.11 Å². The quantitative estimate of drug-likeness (QED) is 0.260. The van der Waals surface area contributed by atoms with Gasteiger partial charge in [-0.05, 0) is 24.0 Å². The van der Waals surface area contributed by atoms with Crippen molar-refractivity contribution in [2.75, 3.05) is 0 Å². The van der Waals surface area contributed by atoms with Crippen LogP contribution >= 0.6 is 0 Å². The average Bonchev–Trinajstić information content (AvgIpc) is 1.88. The summed E-state index contributed by atoms with van der Waals surface area (Å²) < 4.78 is 16.8. The molecule has 5 heteroatoms. The van der Waals surface area contributed by atoms with Crippen molar-refractivity contribution in [1.82, 2.24) is 0 Å². The lowest BCUT2D eigenvalue weighted by Gasteiger charge is -2.09. The summed E-state index contributed by atoms with van der Waals surface area (Å²) >= 11 is 0. The van der Waals surface area contributed by atoms with E-state index in [0.29, 0.717) is 6.42 Å². The molecule has 0 aliphatic rings. The van der Waals surface area contributed by atoms with Gasteiger partial charge in [0.2, 0.25) is 0 Å². The van der Waals surface area contributed by atoms with Crippen LogP contribution in [0, 0.1) is 0 Å². The van der Waals surface area contributed by atoms with E-state index in [4.69, 9.17) is 5.53 Å². The van der Waals surface area contributed by atoms with Crippen LogP contribution in [0.15, 0.2) is 5.11 Å². The Morgan fingerprint density at radius 1 is 1.80 bits per heavy atom. The van der Waals surface area contributed by atoms with Crippen LogP contribution in [0.2, 0.25) is 0 Å². The fourth-order valence-electron chi connectivity index (χ4n) is 0.356. The Hall–Kier alpha value is -0.800. The molecule has 0 aliphatic carbocycles. The molecule has 0 aromatic carbocycles. The van der Waals surface area contributed by atoms with E-state index in [-0.39, 0.29) is 6.10 Å². The van der Waals surface area contributed by atoms with Crippen molar-refractivity contribution in [1.29, 1.82) is 0 Å². The first-order valence-electron chi connectivity index (χ1n) is 3.04. The van der Waals surface area contributed by atoms with Gasteiger partial charge in [0.25, 0.3) is 6.48 Å². The van der Waals surface area contributed by atoms with Gasteiger partial charge >= 0.3 is 0 Å². The number of halogens is 1. The Balaban J connectivity index is 3.56. The summed E-state index contributed by atoms with van der Waals surface area (Å²) in [6.45, 7) is 1.72. The summed E-state index contributed by atoms with van der Waals surface area (Å²) in [5, 5.41) is 2.70. The number of hydrogen-bond donors (Lipinski definition) is 0. The standard InChI is InChI=1S/C5H10FN3O/c1-3-4(2)10-5(6)8-9-7/h4-5H,3H2,1-2H3. The molecule has 0 saturated carbocycles. The second kappa shape index (κ2) is 5.02. The number of hydrogen-bond acceptors (Lipinski definition) is 2. The molecule has 0 bridgehead atoms. The monoisotopic (exact) mass is 147 g/mol. The van der Waals surface area contributed by atoms with Gasteiger partial charge in [-0.3, -0.25) is 0 Å². The molecule has 0 amide bonds. The molecular formula is C5H10FN3O. The lowest BCUT2D eigenvalue weighted by molar-refractivity contribution is -0.0743. The first-order chi connectivity index (χ1) is 4.70. The highest BCUT2D eigenvalue weighted by atomic mass is 19.1. The molecule has 10 heavy (non-hydrogen) atoms. The third-order valence-electron chi connectivity index (χ3n) is 1.06. The Bertz CT molecular complexity index is 135. The summed E-state index contributed by atoms with van der Waals surface area (Å²) in [5.41, 5.74) is 7.76. The largest absolute Gasteiger partial charge is 0.341 e. The van der Waals surface area contributed by atoms with Gasteiger partial charge in [-0.1, -0.05) is 6.92 Å². The van der Waals surface area contributed by atoms with Crippen LogP contribution < -0.4 is 0 Å². The zero-order chi connectivity index (χ0) is 7.98. The highest BCUT2D eigenvalue weighted by Gasteiger charge is 2.06. The van der Waals surface area contributed by atoms with Crippen molar-refractivity contribution in [3.8, 4) is 0 Å². The molecule has 0 heterocycles. The second-order valence-electron chi connectivity index (χ2n) is 1.85. The average molecular weight is 147 g/mol. The fraction of sp³-hybridized carbons (Fsp3) is 1.00. The molecule has 0 fully saturated rings. The maximum Gasteiger partial charge on any atom is 0.279 e. The highest BCUT2D eigenvalue weighted by Crippen LogP contribution is 2.03. The third kappa shape index (κ3) is 4.12. The molecule has 4 nitrogen and oxygen atoms in total. The van der Waals surface area contributed by atoms with Crippen LogP contribution in [0.1, 0.15) is 20.3 Å². The molecule has 0 saturated heterocycles. The maximum atomic E-state index is 12.2. The smallest absolute Gasteiger partial charge is 0.279 e. The molecule has 2 unspecified atom stereocenters. The maximum absolute atomic E-state index is 12.2. The van der Waals surface area contributed by atoms with Crippen molar-refractivity contribution in [3.63, 3.8) is 0 Å². The van der Waals surface area contributed by atoms with E-state index in [1.165, 1.54) is 0 Å². The molecule has 0 rings (SSSR count). The van der Waals surface area contributed by atoms with Crippen molar-refractivity contribution in [2.45, 2.75) is 32.9 Å². The molecular weight excluding hydrogens is 137 g/mol. The number of rotatable bonds is 4. The van der Waals surface area contributed by atoms with Gasteiger partial charge in [0, 0.05) is 4.91 Å². The minimum absolute atomic E-state index is 0.208. The topological polar surface area (TPSA) is 58.0 Å². The molecule has 0 radical (unpaired) electrons. The minimum Gasteiger partial charge on any atom is -0.341 e. The van der Waals surface area contributed by atoms with E-state index in [2.05, 4.69) is 14.8 Å². The second-order valence-corrected chi connectivity index (χ2v) is 1.85. The van der Waals surface area contributed by atoms with Crippen molar-refractivity contribution in [3.05, 3.63) is 10.4 Å². The summed E-state index contributed by atoms with van der Waals surface area (Å²) in [7, 11) is 0. The lowest BCUT2D eigenvalue weighted by atomic mass is 10.3. The van der Waals surface area contributed by atoms with Gasteiger partial charge in [0.1, 0.15) is 0 Å². The van der Waals surface area contributed by atoms with E-state index in [9.17, 15) is 4.39 Å². The zero-order valence-electron chi connectivity index (χ0n) is 5.99. The van der Waals surface area contributed by atoms with Crippen LogP contribution in [0.3, 0.4) is 0 Å². The summed E-state index contributed by atoms with van der Waals surface area (Å²) in [5.74, 6) is 0. The van der Waals surface area contributed by atoms with Gasteiger partial charge < -0.3 is 4.74 Å². The van der Waals surface area contributed by atoms with E-state index in [1.807, 2.05) is 6.92 Å². The Labute approximate surface area is 58.6 Å². The van der Waals surface area contributed by atoms with Gasteiger partial charge in [0.15, 0.2) is 0 Å². The van der Waals surface area contributed by atoms with E-state index in [1.54, 1.807) is 6.92 Å². The van der Waals surface area contributed by atoms with Crippen LogP contribution in [0.4, 0.5) is 4.39 Å². The molecule has 0 aliphatic heterocycles. The Morgan fingerprint density at radius 3 is 2.80 bits per heavy atom. The zero-order valence-corrected chi connectivity index (χ0v) is 5.99. The molecule has 0 aromatic rings. The fourth-order valence-corrected chi connectivity index (χ4v) is 0.356. The molecule has 0 aromatic heterocycles. The molecule has 58 valence electrons. The normalized spacial score (nSPS) is 15.5. The predicted octanol–water partition coefficient (Wildman–Crippen LogP) is 2.36. The van der Waals surface area contributed by atoms with Crippen LogP contribution in [0.5, 0.6) is 0 Å². The van der Waals surface area contributed by atoms with Gasteiger partial charge in [0.05, 0.1) is 6.10 Å². The van der Waals surface area contributed by atoms with Gasteiger partial charge in [-0.15, -0.1) is 0 Å². The lowest BCUT2D eigenvalue weighted by Crippen LogP contribution is -2.12. The highest BCUT2D eigenvalue weighted by molar-refractivity contribution is 4.47. The number of alkyl halides is 1. The number of azide groups is 1. The summed E-state index contributed by atoms with van der Waals surface area (Å²) in [6, 6.07) is 0. The molecule has 0 N–H and O–H groups in total.